The van der Waals surface area contributed by atoms with E-state index in [-0.39, 0.29) is 46.6 Å². The molecule has 0 saturated heterocycles. The summed E-state index contributed by atoms with van der Waals surface area (Å²) in [7, 11) is -2.93. The van der Waals surface area contributed by atoms with Gasteiger partial charge in [0.25, 0.3) is 15.9 Å². The highest BCUT2D eigenvalue weighted by atomic mass is 32.2. The van der Waals surface area contributed by atoms with E-state index in [1.54, 1.807) is 36.9 Å². The van der Waals surface area contributed by atoms with E-state index in [1.807, 2.05) is 0 Å². The van der Waals surface area contributed by atoms with Crippen molar-refractivity contribution in [2.75, 3.05) is 18.1 Å². The van der Waals surface area contributed by atoms with Crippen molar-refractivity contribution < 1.29 is 32.0 Å². The van der Waals surface area contributed by atoms with E-state index in [4.69, 9.17) is 14.3 Å². The van der Waals surface area contributed by atoms with Crippen LogP contribution in [0.4, 0.5) is 10.2 Å². The number of methoxy groups -OCH3 is 1. The number of benzene rings is 2. The number of carbonyl (C=O) groups excluding carboxylic acids is 1. The monoisotopic (exact) mass is 626 g/mol. The predicted molar refractivity (Wildman–Crippen MR) is 164 cm³/mol. The molecule has 0 unspecified atom stereocenters. The molecule has 1 saturated carbocycles. The van der Waals surface area contributed by atoms with Crippen LogP contribution >= 0.6 is 0 Å². The van der Waals surface area contributed by atoms with Crippen molar-refractivity contribution in [2.45, 2.75) is 89.3 Å². The van der Waals surface area contributed by atoms with Crippen LogP contribution in [0.1, 0.15) is 74.3 Å². The number of hydrogen-bond acceptors (Lipinski definition) is 8. The number of carbonyl (C=O) groups is 1. The maximum Gasteiger partial charge on any atom is 0.268 e. The highest BCUT2D eigenvalue weighted by Gasteiger charge is 2.49. The standard InChI is InChI=1S/C32H39FN4O6S/c1-5-6-13-29-34-32(14-9-10-15-32)31(39)36(29)18-23-16-24(19-38)26(17-27(23)33)25-11-7-8-12-28(25)44(40,41)37(20-42-4)30-21(2)22(3)43-35-30/h7-8,11-12,16-17,38H,5-6,9-10,13-15,18-20H2,1-4H3. The van der Waals surface area contributed by atoms with Gasteiger partial charge in [0.1, 0.15) is 29.7 Å². The van der Waals surface area contributed by atoms with E-state index in [0.29, 0.717) is 42.0 Å². The molecule has 2 heterocycles. The molecule has 0 atom stereocenters. The number of hydrogen-bond donors (Lipinski definition) is 1. The first-order valence-corrected chi connectivity index (χ1v) is 16.4. The number of aliphatic hydroxyl groups is 1. The fourth-order valence-electron chi connectivity index (χ4n) is 6.07. The summed E-state index contributed by atoms with van der Waals surface area (Å²) < 4.78 is 55.6. The first-order chi connectivity index (χ1) is 21.1. The third-order valence-corrected chi connectivity index (χ3v) is 10.4. The summed E-state index contributed by atoms with van der Waals surface area (Å²) in [6, 6.07) is 8.94. The molecule has 10 nitrogen and oxygen atoms in total. The van der Waals surface area contributed by atoms with Gasteiger partial charge >= 0.3 is 0 Å². The van der Waals surface area contributed by atoms with Crippen LogP contribution < -0.4 is 4.31 Å². The van der Waals surface area contributed by atoms with Gasteiger partial charge in [-0.2, -0.15) is 0 Å². The van der Waals surface area contributed by atoms with Gasteiger partial charge in [0, 0.05) is 30.2 Å². The summed E-state index contributed by atoms with van der Waals surface area (Å²) in [5.74, 6) is 0.516. The molecule has 44 heavy (non-hydrogen) atoms. The predicted octanol–water partition coefficient (Wildman–Crippen LogP) is 5.63. The number of aryl methyl sites for hydroxylation is 1. The molecule has 236 valence electrons. The molecular weight excluding hydrogens is 587 g/mol. The second-order valence-electron chi connectivity index (χ2n) is 11.5. The van der Waals surface area contributed by atoms with Gasteiger partial charge in [-0.05, 0) is 62.4 Å². The van der Waals surface area contributed by atoms with E-state index < -0.39 is 28.0 Å². The SMILES string of the molecule is CCCCC1=NC2(CCCC2)C(=O)N1Cc1cc(CO)c(-c2ccccc2S(=O)(=O)N(COC)c2noc(C)c2C)cc1F. The van der Waals surface area contributed by atoms with E-state index in [1.165, 1.54) is 25.3 Å². The molecule has 0 bridgehead atoms. The summed E-state index contributed by atoms with van der Waals surface area (Å²) in [5.41, 5.74) is 0.755. The summed E-state index contributed by atoms with van der Waals surface area (Å²) >= 11 is 0. The maximum absolute atomic E-state index is 15.9. The molecule has 0 radical (unpaired) electrons. The van der Waals surface area contributed by atoms with Gasteiger partial charge in [0.15, 0.2) is 5.82 Å². The number of halogens is 1. The van der Waals surface area contributed by atoms with E-state index >= 15 is 4.39 Å². The van der Waals surface area contributed by atoms with Crippen molar-refractivity contribution in [1.82, 2.24) is 10.1 Å². The van der Waals surface area contributed by atoms with Crippen LogP contribution in [-0.2, 0) is 32.7 Å². The Morgan fingerprint density at radius 2 is 1.86 bits per heavy atom. The highest BCUT2D eigenvalue weighted by Crippen LogP contribution is 2.41. The normalized spacial score (nSPS) is 16.3. The van der Waals surface area contributed by atoms with Crippen molar-refractivity contribution >= 4 is 27.6 Å². The number of ether oxygens (including phenoxy) is 1. The summed E-state index contributed by atoms with van der Waals surface area (Å²) in [5, 5.41) is 14.4. The molecule has 3 aromatic rings. The number of anilines is 1. The Balaban J connectivity index is 1.54. The molecule has 1 spiro atoms. The Morgan fingerprint density at radius 1 is 1.14 bits per heavy atom. The number of aliphatic imine (C=N–C) groups is 1. The molecule has 1 N–H and O–H groups in total. The number of aliphatic hydroxyl groups excluding tert-OH is 1. The second-order valence-corrected chi connectivity index (χ2v) is 13.3. The third-order valence-electron chi connectivity index (χ3n) is 8.61. The molecule has 2 aliphatic rings. The summed E-state index contributed by atoms with van der Waals surface area (Å²) in [6.45, 7) is 4.61. The smallest absolute Gasteiger partial charge is 0.268 e. The topological polar surface area (TPSA) is 126 Å². The van der Waals surface area contributed by atoms with E-state index in [2.05, 4.69) is 12.1 Å². The lowest BCUT2D eigenvalue weighted by Crippen LogP contribution is -2.40. The van der Waals surface area contributed by atoms with E-state index in [9.17, 15) is 18.3 Å². The lowest BCUT2D eigenvalue weighted by molar-refractivity contribution is -0.131. The van der Waals surface area contributed by atoms with Crippen molar-refractivity contribution in [3.8, 4) is 11.1 Å². The first kappa shape index (κ1) is 31.8. The number of amidine groups is 1. The maximum atomic E-state index is 15.9. The number of nitrogens with zero attached hydrogens (tertiary/aromatic N) is 4. The first-order valence-electron chi connectivity index (χ1n) is 14.9. The molecule has 1 aliphatic heterocycles. The van der Waals surface area contributed by atoms with Gasteiger partial charge in [0.2, 0.25) is 0 Å². The highest BCUT2D eigenvalue weighted by molar-refractivity contribution is 7.93. The van der Waals surface area contributed by atoms with Gasteiger partial charge in [-0.3, -0.25) is 14.7 Å². The van der Waals surface area contributed by atoms with Gasteiger partial charge in [-0.25, -0.2) is 17.1 Å². The molecule has 2 aromatic carbocycles. The number of unbranched alkanes of at least 4 members (excludes halogenated alkanes) is 1. The minimum atomic E-state index is -4.29. The number of sulfonamides is 1. The summed E-state index contributed by atoms with van der Waals surface area (Å²) in [4.78, 5) is 20.0. The Hall–Kier alpha value is -3.61. The second kappa shape index (κ2) is 12.8. The number of rotatable bonds is 12. The minimum absolute atomic E-state index is 0.0193. The van der Waals surface area contributed by atoms with Gasteiger partial charge in [-0.1, -0.05) is 49.5 Å². The van der Waals surface area contributed by atoms with Crippen molar-refractivity contribution in [3.63, 3.8) is 0 Å². The zero-order valence-corrected chi connectivity index (χ0v) is 26.4. The van der Waals surface area contributed by atoms with Crippen LogP contribution in [0.5, 0.6) is 0 Å². The molecular formula is C32H39FN4O6S. The lowest BCUT2D eigenvalue weighted by Gasteiger charge is -2.24. The van der Waals surface area contributed by atoms with Crippen molar-refractivity contribution in [2.24, 2.45) is 4.99 Å². The Bertz CT molecular complexity index is 1680. The molecule has 12 heteroatoms. The number of amides is 1. The fourth-order valence-corrected chi connectivity index (χ4v) is 7.66. The molecule has 1 aromatic heterocycles. The quantitative estimate of drug-likeness (QED) is 0.258. The molecule has 1 fully saturated rings. The lowest BCUT2D eigenvalue weighted by atomic mass is 9.96. The molecule has 1 aliphatic carbocycles. The average molecular weight is 627 g/mol. The molecule has 5 rings (SSSR count). The summed E-state index contributed by atoms with van der Waals surface area (Å²) in [6.07, 6.45) is 5.68. The average Bonchev–Trinajstić information content (AvgIpc) is 3.70. The van der Waals surface area contributed by atoms with Crippen molar-refractivity contribution in [1.29, 1.82) is 0 Å². The van der Waals surface area contributed by atoms with Crippen LogP contribution in [0.2, 0.25) is 0 Å². The Kier molecular flexibility index (Phi) is 9.24. The van der Waals surface area contributed by atoms with Gasteiger partial charge in [-0.15, -0.1) is 0 Å². The van der Waals surface area contributed by atoms with E-state index in [0.717, 1.165) is 30.0 Å². The zero-order chi connectivity index (χ0) is 31.6. The van der Waals surface area contributed by atoms with Crippen LogP contribution in [0.3, 0.4) is 0 Å². The fraction of sp³-hybridized carbons (Fsp3) is 0.469. The largest absolute Gasteiger partial charge is 0.392 e. The van der Waals surface area contributed by atoms with Crippen LogP contribution in [-0.4, -0.2) is 54.7 Å². The molecule has 1 amide bonds. The zero-order valence-electron chi connectivity index (χ0n) is 25.6. The number of aromatic nitrogens is 1. The Labute approximate surface area is 257 Å². The van der Waals surface area contributed by atoms with Gasteiger partial charge in [0.05, 0.1) is 18.0 Å². The van der Waals surface area contributed by atoms with Crippen LogP contribution in [0.15, 0.2) is 50.8 Å². The third kappa shape index (κ3) is 5.66. The van der Waals surface area contributed by atoms with Crippen LogP contribution in [0, 0.1) is 19.7 Å². The minimum Gasteiger partial charge on any atom is -0.392 e. The Morgan fingerprint density at radius 3 is 2.50 bits per heavy atom. The van der Waals surface area contributed by atoms with Crippen molar-refractivity contribution in [3.05, 3.63) is 64.7 Å². The van der Waals surface area contributed by atoms with Gasteiger partial charge < -0.3 is 14.4 Å². The van der Waals surface area contributed by atoms with Crippen LogP contribution in [0.25, 0.3) is 11.1 Å².